The van der Waals surface area contributed by atoms with Gasteiger partial charge < -0.3 is 9.84 Å². The molecular weight excluding hydrogens is 192 g/mol. The second kappa shape index (κ2) is 11.5. The van der Waals surface area contributed by atoms with Crippen LogP contribution in [0.5, 0.6) is 0 Å². The van der Waals surface area contributed by atoms with Crippen molar-refractivity contribution in [3.63, 3.8) is 0 Å². The van der Waals surface area contributed by atoms with Crippen molar-refractivity contribution in [2.75, 3.05) is 13.2 Å². The molecule has 0 aliphatic carbocycles. The average Bonchev–Trinajstić information content (AvgIpc) is 2.23. The molecule has 0 aliphatic rings. The predicted molar refractivity (Wildman–Crippen MR) is 60.7 cm³/mol. The van der Waals surface area contributed by atoms with Crippen LogP contribution in [0.15, 0.2) is 0 Å². The second-order valence-electron chi connectivity index (χ2n) is 3.82. The lowest BCUT2D eigenvalue weighted by Crippen LogP contribution is -2.06. The summed E-state index contributed by atoms with van der Waals surface area (Å²) in [7, 11) is 0. The maximum atomic E-state index is 11.1. The fourth-order valence-corrected chi connectivity index (χ4v) is 1.37. The topological polar surface area (TPSA) is 46.5 Å². The lowest BCUT2D eigenvalue weighted by Gasteiger charge is -2.03. The Kier molecular flexibility index (Phi) is 11.1. The molecule has 0 aliphatic heterocycles. The molecule has 0 aromatic heterocycles. The van der Waals surface area contributed by atoms with Gasteiger partial charge in [0.1, 0.15) is 0 Å². The summed E-state index contributed by atoms with van der Waals surface area (Å²) >= 11 is 0. The van der Waals surface area contributed by atoms with Crippen LogP contribution < -0.4 is 0 Å². The molecule has 1 N–H and O–H groups in total. The molecule has 0 fully saturated rings. The van der Waals surface area contributed by atoms with Gasteiger partial charge in [0.25, 0.3) is 0 Å². The molecule has 90 valence electrons. The lowest BCUT2D eigenvalue weighted by atomic mass is 10.1. The predicted octanol–water partition coefficient (Wildman–Crippen LogP) is 2.66. The van der Waals surface area contributed by atoms with Gasteiger partial charge in [-0.2, -0.15) is 0 Å². The third-order valence-corrected chi connectivity index (χ3v) is 2.30. The Labute approximate surface area is 92.8 Å². The third-order valence-electron chi connectivity index (χ3n) is 2.30. The van der Waals surface area contributed by atoms with E-state index in [2.05, 4.69) is 6.92 Å². The molecule has 0 aromatic carbocycles. The summed E-state index contributed by atoms with van der Waals surface area (Å²) < 4.78 is 4.91. The SMILES string of the molecule is CCCCCCCCC(=O)OCCCO. The average molecular weight is 216 g/mol. The van der Waals surface area contributed by atoms with Crippen molar-refractivity contribution in [2.24, 2.45) is 0 Å². The van der Waals surface area contributed by atoms with Crippen molar-refractivity contribution >= 4 is 5.97 Å². The summed E-state index contributed by atoms with van der Waals surface area (Å²) in [6.45, 7) is 2.63. The van der Waals surface area contributed by atoms with Gasteiger partial charge in [-0.1, -0.05) is 39.0 Å². The van der Waals surface area contributed by atoms with Crippen LogP contribution in [0.2, 0.25) is 0 Å². The van der Waals surface area contributed by atoms with Gasteiger partial charge in [-0.05, 0) is 6.42 Å². The first-order valence-corrected chi connectivity index (χ1v) is 6.07. The molecule has 0 bridgehead atoms. The lowest BCUT2D eigenvalue weighted by molar-refractivity contribution is -0.144. The van der Waals surface area contributed by atoms with Gasteiger partial charge >= 0.3 is 5.97 Å². The van der Waals surface area contributed by atoms with E-state index < -0.39 is 0 Å². The van der Waals surface area contributed by atoms with Crippen LogP contribution in [0.25, 0.3) is 0 Å². The Morgan fingerprint density at radius 2 is 1.73 bits per heavy atom. The van der Waals surface area contributed by atoms with E-state index in [9.17, 15) is 4.79 Å². The minimum Gasteiger partial charge on any atom is -0.466 e. The Bertz CT molecular complexity index is 146. The van der Waals surface area contributed by atoms with Crippen molar-refractivity contribution < 1.29 is 14.6 Å². The zero-order valence-electron chi connectivity index (χ0n) is 9.83. The first-order chi connectivity index (χ1) is 7.31. The van der Waals surface area contributed by atoms with Gasteiger partial charge in [-0.15, -0.1) is 0 Å². The van der Waals surface area contributed by atoms with Crippen LogP contribution in [0, 0.1) is 0 Å². The molecule has 0 radical (unpaired) electrons. The molecule has 0 amide bonds. The maximum absolute atomic E-state index is 11.1. The fraction of sp³-hybridized carbons (Fsp3) is 0.917. The summed E-state index contributed by atoms with van der Waals surface area (Å²) in [6.07, 6.45) is 8.16. The highest BCUT2D eigenvalue weighted by molar-refractivity contribution is 5.69. The Morgan fingerprint density at radius 3 is 2.40 bits per heavy atom. The Balaban J connectivity index is 3.10. The summed E-state index contributed by atoms with van der Waals surface area (Å²) in [6, 6.07) is 0. The van der Waals surface area contributed by atoms with Gasteiger partial charge in [0, 0.05) is 19.4 Å². The molecule has 3 heteroatoms. The molecule has 0 unspecified atom stereocenters. The highest BCUT2D eigenvalue weighted by atomic mass is 16.5. The van der Waals surface area contributed by atoms with E-state index in [0.29, 0.717) is 19.4 Å². The van der Waals surface area contributed by atoms with Gasteiger partial charge in [-0.3, -0.25) is 4.79 Å². The minimum absolute atomic E-state index is 0.0876. The van der Waals surface area contributed by atoms with Gasteiger partial charge in [-0.25, -0.2) is 0 Å². The van der Waals surface area contributed by atoms with Crippen LogP contribution >= 0.6 is 0 Å². The highest BCUT2D eigenvalue weighted by Crippen LogP contribution is 2.07. The Morgan fingerprint density at radius 1 is 1.07 bits per heavy atom. The van der Waals surface area contributed by atoms with Gasteiger partial charge in [0.15, 0.2) is 0 Å². The van der Waals surface area contributed by atoms with Crippen LogP contribution in [0.1, 0.15) is 58.3 Å². The molecule has 0 aromatic rings. The fourth-order valence-electron chi connectivity index (χ4n) is 1.37. The second-order valence-corrected chi connectivity index (χ2v) is 3.82. The smallest absolute Gasteiger partial charge is 0.305 e. The monoisotopic (exact) mass is 216 g/mol. The van der Waals surface area contributed by atoms with E-state index in [-0.39, 0.29) is 12.6 Å². The van der Waals surface area contributed by atoms with E-state index in [1.165, 1.54) is 25.7 Å². The molecule has 0 spiro atoms. The standard InChI is InChI=1S/C12H24O3/c1-2-3-4-5-6-7-9-12(14)15-11-8-10-13/h13H,2-11H2,1H3. The largest absolute Gasteiger partial charge is 0.466 e. The van der Waals surface area contributed by atoms with Crippen molar-refractivity contribution in [3.05, 3.63) is 0 Å². The minimum atomic E-state index is -0.126. The normalized spacial score (nSPS) is 10.3. The van der Waals surface area contributed by atoms with Crippen LogP contribution in [0.3, 0.4) is 0 Å². The molecule has 0 saturated carbocycles. The van der Waals surface area contributed by atoms with Gasteiger partial charge in [0.2, 0.25) is 0 Å². The summed E-state index contributed by atoms with van der Waals surface area (Å²) in [5, 5.41) is 8.48. The molecular formula is C12H24O3. The number of rotatable bonds is 10. The summed E-state index contributed by atoms with van der Waals surface area (Å²) in [4.78, 5) is 11.1. The number of aliphatic hydroxyl groups excluding tert-OH is 1. The van der Waals surface area contributed by atoms with E-state index >= 15 is 0 Å². The number of hydrogen-bond acceptors (Lipinski definition) is 3. The first kappa shape index (κ1) is 14.4. The van der Waals surface area contributed by atoms with E-state index in [1.807, 2.05) is 0 Å². The number of ether oxygens (including phenoxy) is 1. The number of unbranched alkanes of at least 4 members (excludes halogenated alkanes) is 5. The molecule has 0 saturated heterocycles. The molecule has 3 nitrogen and oxygen atoms in total. The molecule has 0 atom stereocenters. The zero-order chi connectivity index (χ0) is 11.4. The van der Waals surface area contributed by atoms with Crippen molar-refractivity contribution in [3.8, 4) is 0 Å². The number of aliphatic hydroxyl groups is 1. The van der Waals surface area contributed by atoms with Crippen LogP contribution in [0.4, 0.5) is 0 Å². The number of carbonyl (C=O) groups excluding carboxylic acids is 1. The van der Waals surface area contributed by atoms with Crippen molar-refractivity contribution in [1.29, 1.82) is 0 Å². The quantitative estimate of drug-likeness (QED) is 0.451. The summed E-state index contributed by atoms with van der Waals surface area (Å²) in [5.41, 5.74) is 0. The van der Waals surface area contributed by atoms with E-state index in [0.717, 1.165) is 12.8 Å². The Hall–Kier alpha value is -0.570. The summed E-state index contributed by atoms with van der Waals surface area (Å²) in [5.74, 6) is -0.126. The van der Waals surface area contributed by atoms with Crippen LogP contribution in [-0.2, 0) is 9.53 Å². The maximum Gasteiger partial charge on any atom is 0.305 e. The van der Waals surface area contributed by atoms with E-state index in [1.54, 1.807) is 0 Å². The van der Waals surface area contributed by atoms with E-state index in [4.69, 9.17) is 9.84 Å². The first-order valence-electron chi connectivity index (χ1n) is 6.07. The highest BCUT2D eigenvalue weighted by Gasteiger charge is 2.01. The number of esters is 1. The van der Waals surface area contributed by atoms with Gasteiger partial charge in [0.05, 0.1) is 6.61 Å². The number of hydrogen-bond donors (Lipinski definition) is 1. The van der Waals surface area contributed by atoms with Crippen molar-refractivity contribution in [2.45, 2.75) is 58.3 Å². The molecule has 0 heterocycles. The zero-order valence-corrected chi connectivity index (χ0v) is 9.83. The number of carbonyl (C=O) groups is 1. The third kappa shape index (κ3) is 11.4. The van der Waals surface area contributed by atoms with Crippen LogP contribution in [-0.4, -0.2) is 24.3 Å². The van der Waals surface area contributed by atoms with Crippen molar-refractivity contribution in [1.82, 2.24) is 0 Å². The molecule has 0 rings (SSSR count). The molecule has 15 heavy (non-hydrogen) atoms.